The Kier molecular flexibility index (Phi) is 6.41. The van der Waals surface area contributed by atoms with Crippen LogP contribution < -0.4 is 10.6 Å². The van der Waals surface area contributed by atoms with Crippen LogP contribution in [0.25, 0.3) is 11.3 Å². The van der Waals surface area contributed by atoms with E-state index in [1.54, 1.807) is 24.3 Å². The molecule has 0 saturated carbocycles. The second-order valence-electron chi connectivity index (χ2n) is 7.50. The molecule has 2 N–H and O–H groups in total. The molecular formula is C26H24N4O2. The van der Waals surface area contributed by atoms with E-state index in [-0.39, 0.29) is 11.8 Å². The maximum atomic E-state index is 12.8. The molecule has 2 amide bonds. The van der Waals surface area contributed by atoms with E-state index in [0.717, 1.165) is 22.4 Å². The normalized spacial score (nSPS) is 10.5. The predicted octanol–water partition coefficient (Wildman–Crippen LogP) is 4.49. The molecule has 4 aromatic rings. The summed E-state index contributed by atoms with van der Waals surface area (Å²) in [5.41, 5.74) is 4.99. The van der Waals surface area contributed by atoms with Crippen molar-refractivity contribution in [2.24, 2.45) is 0 Å². The molecule has 32 heavy (non-hydrogen) atoms. The van der Waals surface area contributed by atoms with Gasteiger partial charge in [0.2, 0.25) is 5.91 Å². The monoisotopic (exact) mass is 424 g/mol. The Morgan fingerprint density at radius 2 is 1.62 bits per heavy atom. The second-order valence-corrected chi connectivity index (χ2v) is 7.50. The molecule has 0 aliphatic carbocycles. The van der Waals surface area contributed by atoms with Gasteiger partial charge in [0.15, 0.2) is 0 Å². The quantitative estimate of drug-likeness (QED) is 0.459. The molecular weight excluding hydrogens is 400 g/mol. The molecule has 1 heterocycles. The minimum atomic E-state index is -0.216. The van der Waals surface area contributed by atoms with Crippen molar-refractivity contribution in [2.75, 3.05) is 5.32 Å². The van der Waals surface area contributed by atoms with Crippen LogP contribution in [0.2, 0.25) is 0 Å². The molecule has 0 radical (unpaired) electrons. The van der Waals surface area contributed by atoms with E-state index in [1.165, 1.54) is 6.92 Å². The lowest BCUT2D eigenvalue weighted by atomic mass is 10.1. The number of benzene rings is 3. The highest BCUT2D eigenvalue weighted by atomic mass is 16.2. The summed E-state index contributed by atoms with van der Waals surface area (Å²) >= 11 is 0. The molecule has 0 atom stereocenters. The van der Waals surface area contributed by atoms with Crippen molar-refractivity contribution in [3.05, 3.63) is 108 Å². The highest BCUT2D eigenvalue weighted by Gasteiger charge is 2.14. The van der Waals surface area contributed by atoms with E-state index in [0.29, 0.717) is 24.3 Å². The molecule has 0 bridgehead atoms. The minimum Gasteiger partial charge on any atom is -0.348 e. The fourth-order valence-corrected chi connectivity index (χ4v) is 3.50. The first-order valence-electron chi connectivity index (χ1n) is 10.4. The van der Waals surface area contributed by atoms with Crippen molar-refractivity contribution in [1.29, 1.82) is 0 Å². The zero-order valence-electron chi connectivity index (χ0n) is 17.8. The lowest BCUT2D eigenvalue weighted by Gasteiger charge is -2.08. The molecule has 0 aliphatic heterocycles. The van der Waals surface area contributed by atoms with E-state index in [1.807, 2.05) is 59.4 Å². The molecule has 6 nitrogen and oxygen atoms in total. The number of aromatic nitrogens is 2. The van der Waals surface area contributed by atoms with Gasteiger partial charge in [-0.1, -0.05) is 66.7 Å². The van der Waals surface area contributed by atoms with Crippen LogP contribution in [0.4, 0.5) is 5.69 Å². The summed E-state index contributed by atoms with van der Waals surface area (Å²) in [6.45, 7) is 2.42. The third-order valence-electron chi connectivity index (χ3n) is 4.96. The molecule has 3 aromatic carbocycles. The summed E-state index contributed by atoms with van der Waals surface area (Å²) in [6, 6.07) is 26.9. The second kappa shape index (κ2) is 9.75. The molecule has 0 fully saturated rings. The van der Waals surface area contributed by atoms with Gasteiger partial charge < -0.3 is 10.6 Å². The summed E-state index contributed by atoms with van der Waals surface area (Å²) in [6.07, 6.45) is 1.98. The smallest absolute Gasteiger partial charge is 0.251 e. The summed E-state index contributed by atoms with van der Waals surface area (Å²) in [7, 11) is 0. The fraction of sp³-hybridized carbons (Fsp3) is 0.115. The Balaban J connectivity index is 1.54. The molecule has 0 saturated heterocycles. The van der Waals surface area contributed by atoms with Crippen LogP contribution in [-0.2, 0) is 17.9 Å². The molecule has 1 aromatic heterocycles. The van der Waals surface area contributed by atoms with E-state index in [4.69, 9.17) is 5.10 Å². The number of nitrogens with zero attached hydrogens (tertiary/aromatic N) is 2. The SMILES string of the molecule is CC(=O)Nc1cccc(C(=O)NCc2cn(Cc3ccccc3)nc2-c2ccccc2)c1. The number of rotatable bonds is 7. The standard InChI is InChI=1S/C26H24N4O2/c1-19(31)28-24-14-8-13-22(15-24)26(32)27-16-23-18-30(17-20-9-4-2-5-10-20)29-25(23)21-11-6-3-7-12-21/h2-15,18H,16-17H2,1H3,(H,27,32)(H,28,31). The first-order valence-corrected chi connectivity index (χ1v) is 10.4. The summed E-state index contributed by atoms with van der Waals surface area (Å²) < 4.78 is 1.90. The molecule has 6 heteroatoms. The van der Waals surface area contributed by atoms with Crippen molar-refractivity contribution in [2.45, 2.75) is 20.0 Å². The van der Waals surface area contributed by atoms with Crippen LogP contribution >= 0.6 is 0 Å². The third kappa shape index (κ3) is 5.29. The highest BCUT2D eigenvalue weighted by Crippen LogP contribution is 2.22. The largest absolute Gasteiger partial charge is 0.348 e. The van der Waals surface area contributed by atoms with Crippen molar-refractivity contribution < 1.29 is 9.59 Å². The van der Waals surface area contributed by atoms with E-state index >= 15 is 0 Å². The van der Waals surface area contributed by atoms with Crippen molar-refractivity contribution >= 4 is 17.5 Å². The van der Waals surface area contributed by atoms with E-state index < -0.39 is 0 Å². The van der Waals surface area contributed by atoms with Gasteiger partial charge in [0, 0.05) is 42.0 Å². The molecule has 0 spiro atoms. The van der Waals surface area contributed by atoms with Crippen LogP contribution in [0, 0.1) is 0 Å². The Hall–Kier alpha value is -4.19. The van der Waals surface area contributed by atoms with Crippen LogP contribution in [0.1, 0.15) is 28.4 Å². The van der Waals surface area contributed by atoms with Crippen LogP contribution in [0.15, 0.2) is 91.1 Å². The lowest BCUT2D eigenvalue weighted by Crippen LogP contribution is -2.23. The van der Waals surface area contributed by atoms with Crippen LogP contribution in [0.3, 0.4) is 0 Å². The molecule has 0 aliphatic rings. The Bertz CT molecular complexity index is 1220. The van der Waals surface area contributed by atoms with E-state index in [2.05, 4.69) is 22.8 Å². The van der Waals surface area contributed by atoms with Gasteiger partial charge in [-0.15, -0.1) is 0 Å². The maximum absolute atomic E-state index is 12.8. The van der Waals surface area contributed by atoms with Gasteiger partial charge in [0.05, 0.1) is 12.2 Å². The van der Waals surface area contributed by atoms with Gasteiger partial charge in [-0.25, -0.2) is 0 Å². The number of carbonyl (C=O) groups excluding carboxylic acids is 2. The number of carbonyl (C=O) groups is 2. The molecule has 4 rings (SSSR count). The van der Waals surface area contributed by atoms with Crippen molar-refractivity contribution in [3.63, 3.8) is 0 Å². The number of hydrogen-bond acceptors (Lipinski definition) is 3. The summed E-state index contributed by atoms with van der Waals surface area (Å²) in [5.74, 6) is -0.395. The number of nitrogens with one attached hydrogen (secondary N) is 2. The Morgan fingerprint density at radius 1 is 0.906 bits per heavy atom. The first-order chi connectivity index (χ1) is 15.6. The average molecular weight is 425 g/mol. The van der Waals surface area contributed by atoms with Gasteiger partial charge in [-0.3, -0.25) is 14.3 Å². The van der Waals surface area contributed by atoms with Gasteiger partial charge in [0.25, 0.3) is 5.91 Å². The van der Waals surface area contributed by atoms with Gasteiger partial charge in [0.1, 0.15) is 0 Å². The maximum Gasteiger partial charge on any atom is 0.251 e. The average Bonchev–Trinajstić information content (AvgIpc) is 3.21. The van der Waals surface area contributed by atoms with Gasteiger partial charge >= 0.3 is 0 Å². The minimum absolute atomic E-state index is 0.180. The first kappa shape index (κ1) is 21.1. The fourth-order valence-electron chi connectivity index (χ4n) is 3.50. The Morgan fingerprint density at radius 3 is 2.34 bits per heavy atom. The lowest BCUT2D eigenvalue weighted by molar-refractivity contribution is -0.114. The van der Waals surface area contributed by atoms with Crippen molar-refractivity contribution in [1.82, 2.24) is 15.1 Å². The summed E-state index contributed by atoms with van der Waals surface area (Å²) in [5, 5.41) is 10.5. The van der Waals surface area contributed by atoms with E-state index in [9.17, 15) is 9.59 Å². The van der Waals surface area contributed by atoms with Crippen LogP contribution in [-0.4, -0.2) is 21.6 Å². The third-order valence-corrected chi connectivity index (χ3v) is 4.96. The zero-order valence-corrected chi connectivity index (χ0v) is 17.8. The predicted molar refractivity (Wildman–Crippen MR) is 125 cm³/mol. The number of hydrogen-bond donors (Lipinski definition) is 2. The van der Waals surface area contributed by atoms with Gasteiger partial charge in [-0.05, 0) is 23.8 Å². The van der Waals surface area contributed by atoms with Gasteiger partial charge in [-0.2, -0.15) is 5.10 Å². The summed E-state index contributed by atoms with van der Waals surface area (Å²) in [4.78, 5) is 24.0. The highest BCUT2D eigenvalue weighted by molar-refractivity contribution is 5.96. The topological polar surface area (TPSA) is 76.0 Å². The van der Waals surface area contributed by atoms with Crippen LogP contribution in [0.5, 0.6) is 0 Å². The van der Waals surface area contributed by atoms with Crippen molar-refractivity contribution in [3.8, 4) is 11.3 Å². The molecule has 160 valence electrons. The Labute approximate surface area is 186 Å². The number of amides is 2. The zero-order chi connectivity index (χ0) is 22.3. The molecule has 0 unspecified atom stereocenters. The number of anilines is 1.